The van der Waals surface area contributed by atoms with Crippen molar-refractivity contribution in [2.45, 2.75) is 6.92 Å². The Balaban J connectivity index is 0.000000198. The predicted molar refractivity (Wildman–Crippen MR) is 94.4 cm³/mol. The third-order valence-electron chi connectivity index (χ3n) is 3.02. The van der Waals surface area contributed by atoms with Crippen LogP contribution in [-0.4, -0.2) is 28.3 Å². The predicted octanol–water partition coefficient (Wildman–Crippen LogP) is 4.56. The highest BCUT2D eigenvalue weighted by molar-refractivity contribution is 6.42. The van der Waals surface area contributed by atoms with Gasteiger partial charge >= 0.3 is 5.97 Å². The van der Waals surface area contributed by atoms with Crippen molar-refractivity contribution in [2.24, 2.45) is 0 Å². The largest absolute Gasteiger partial charge is 0.464 e. The number of rotatable bonds is 2. The van der Waals surface area contributed by atoms with E-state index in [1.54, 1.807) is 24.5 Å². The van der Waals surface area contributed by atoms with Gasteiger partial charge in [-0.25, -0.2) is 4.79 Å². The molecule has 0 aliphatic heterocycles. The molecule has 24 heavy (non-hydrogen) atoms. The SMILES string of the molecule is COC(=O)c1cc(-c2cccnc2)n[nH]1.Cc1ccc(Cl)c(Cl)c1. The fraction of sp³-hybridized carbons (Fsp3) is 0.118. The summed E-state index contributed by atoms with van der Waals surface area (Å²) < 4.78 is 4.56. The number of halogens is 2. The van der Waals surface area contributed by atoms with E-state index in [-0.39, 0.29) is 0 Å². The van der Waals surface area contributed by atoms with E-state index in [0.717, 1.165) is 11.1 Å². The second-order valence-corrected chi connectivity index (χ2v) is 5.63. The first-order valence-corrected chi connectivity index (χ1v) is 7.72. The summed E-state index contributed by atoms with van der Waals surface area (Å²) in [4.78, 5) is 15.1. The van der Waals surface area contributed by atoms with Crippen LogP contribution in [0.2, 0.25) is 10.0 Å². The lowest BCUT2D eigenvalue weighted by molar-refractivity contribution is 0.0594. The molecule has 0 aliphatic carbocycles. The summed E-state index contributed by atoms with van der Waals surface area (Å²) in [5.74, 6) is -0.433. The zero-order chi connectivity index (χ0) is 17.5. The van der Waals surface area contributed by atoms with Gasteiger partial charge in [-0.3, -0.25) is 10.1 Å². The van der Waals surface area contributed by atoms with Crippen LogP contribution in [-0.2, 0) is 4.74 Å². The molecular weight excluding hydrogens is 349 g/mol. The van der Waals surface area contributed by atoms with E-state index in [2.05, 4.69) is 19.9 Å². The molecular formula is C17H15Cl2N3O2. The molecule has 0 bridgehead atoms. The van der Waals surface area contributed by atoms with E-state index in [9.17, 15) is 4.79 Å². The van der Waals surface area contributed by atoms with Crippen molar-refractivity contribution in [3.05, 3.63) is 70.1 Å². The third kappa shape index (κ3) is 4.81. The van der Waals surface area contributed by atoms with Gasteiger partial charge in [-0.15, -0.1) is 0 Å². The zero-order valence-electron chi connectivity index (χ0n) is 13.1. The number of carbonyl (C=O) groups excluding carboxylic acids is 1. The molecule has 0 atom stereocenters. The molecule has 1 N–H and O–H groups in total. The summed E-state index contributed by atoms with van der Waals surface area (Å²) in [7, 11) is 1.33. The highest BCUT2D eigenvalue weighted by atomic mass is 35.5. The molecule has 0 unspecified atom stereocenters. The molecule has 5 nitrogen and oxygen atoms in total. The maximum Gasteiger partial charge on any atom is 0.356 e. The Hall–Kier alpha value is -2.37. The number of pyridine rings is 1. The van der Waals surface area contributed by atoms with Crippen molar-refractivity contribution in [1.82, 2.24) is 15.2 Å². The van der Waals surface area contributed by atoms with Gasteiger partial charge in [-0.1, -0.05) is 29.3 Å². The van der Waals surface area contributed by atoms with Crippen LogP contribution >= 0.6 is 23.2 Å². The van der Waals surface area contributed by atoms with Gasteiger partial charge in [0.1, 0.15) is 5.69 Å². The number of aromatic amines is 1. The highest BCUT2D eigenvalue weighted by Crippen LogP contribution is 2.21. The average Bonchev–Trinajstić information content (AvgIpc) is 3.09. The lowest BCUT2D eigenvalue weighted by atomic mass is 10.2. The van der Waals surface area contributed by atoms with Gasteiger partial charge < -0.3 is 4.74 Å². The highest BCUT2D eigenvalue weighted by Gasteiger charge is 2.10. The van der Waals surface area contributed by atoms with Crippen LogP contribution in [0, 0.1) is 6.92 Å². The molecule has 3 rings (SSSR count). The second-order valence-electron chi connectivity index (χ2n) is 4.82. The van der Waals surface area contributed by atoms with Crippen molar-refractivity contribution in [1.29, 1.82) is 0 Å². The minimum Gasteiger partial charge on any atom is -0.464 e. The normalized spacial score (nSPS) is 9.83. The van der Waals surface area contributed by atoms with Crippen LogP contribution < -0.4 is 0 Å². The number of esters is 1. The summed E-state index contributed by atoms with van der Waals surface area (Å²) in [6, 6.07) is 10.9. The molecule has 2 heterocycles. The van der Waals surface area contributed by atoms with Crippen molar-refractivity contribution >= 4 is 29.2 Å². The topological polar surface area (TPSA) is 67.9 Å². The van der Waals surface area contributed by atoms with E-state index in [1.807, 2.05) is 31.2 Å². The molecule has 0 radical (unpaired) electrons. The van der Waals surface area contributed by atoms with Crippen LogP contribution in [0.1, 0.15) is 16.1 Å². The first-order valence-electron chi connectivity index (χ1n) is 6.97. The number of methoxy groups -OCH3 is 1. The number of benzene rings is 1. The Morgan fingerprint density at radius 1 is 1.17 bits per heavy atom. The summed E-state index contributed by atoms with van der Waals surface area (Å²) in [5, 5.41) is 7.83. The Morgan fingerprint density at radius 2 is 1.96 bits per heavy atom. The maximum absolute atomic E-state index is 11.1. The fourth-order valence-electron chi connectivity index (χ4n) is 1.80. The molecule has 0 saturated heterocycles. The quantitative estimate of drug-likeness (QED) is 0.677. The summed E-state index contributed by atoms with van der Waals surface area (Å²) in [6.45, 7) is 1.97. The standard InChI is InChI=1S/C10H9N3O2.C7H6Cl2/c1-15-10(14)9-5-8(12-13-9)7-3-2-4-11-6-7;1-5-2-3-6(8)7(9)4-5/h2-6H,1H3,(H,12,13);2-4H,1H3. The smallest absolute Gasteiger partial charge is 0.356 e. The van der Waals surface area contributed by atoms with Crippen LogP contribution in [0.15, 0.2) is 48.8 Å². The van der Waals surface area contributed by atoms with E-state index in [0.29, 0.717) is 21.4 Å². The Morgan fingerprint density at radius 3 is 2.54 bits per heavy atom. The Bertz CT molecular complexity index is 820. The Kier molecular flexibility index (Phi) is 6.35. The molecule has 1 aromatic carbocycles. The van der Waals surface area contributed by atoms with Gasteiger partial charge in [0.15, 0.2) is 0 Å². The number of nitrogens with zero attached hydrogens (tertiary/aromatic N) is 2. The van der Waals surface area contributed by atoms with Gasteiger partial charge in [-0.05, 0) is 42.8 Å². The number of hydrogen-bond donors (Lipinski definition) is 1. The number of H-pyrrole nitrogens is 1. The zero-order valence-corrected chi connectivity index (χ0v) is 14.6. The number of hydrogen-bond acceptors (Lipinski definition) is 4. The van der Waals surface area contributed by atoms with Crippen molar-refractivity contribution in [3.8, 4) is 11.3 Å². The molecule has 0 aliphatic rings. The minimum atomic E-state index is -0.433. The lowest BCUT2D eigenvalue weighted by Gasteiger charge is -1.94. The van der Waals surface area contributed by atoms with Crippen molar-refractivity contribution < 1.29 is 9.53 Å². The minimum absolute atomic E-state index is 0.330. The monoisotopic (exact) mass is 363 g/mol. The molecule has 2 aromatic heterocycles. The number of aromatic nitrogens is 3. The van der Waals surface area contributed by atoms with Gasteiger partial charge in [0.25, 0.3) is 0 Å². The molecule has 0 fully saturated rings. The van der Waals surface area contributed by atoms with Crippen LogP contribution in [0.5, 0.6) is 0 Å². The number of ether oxygens (including phenoxy) is 1. The number of aryl methyl sites for hydroxylation is 1. The van der Waals surface area contributed by atoms with E-state index < -0.39 is 5.97 Å². The molecule has 0 spiro atoms. The first kappa shape index (κ1) is 18.0. The fourth-order valence-corrected chi connectivity index (χ4v) is 2.15. The molecule has 0 amide bonds. The average molecular weight is 364 g/mol. The summed E-state index contributed by atoms with van der Waals surface area (Å²) >= 11 is 11.3. The van der Waals surface area contributed by atoms with Gasteiger partial charge in [0, 0.05) is 18.0 Å². The van der Waals surface area contributed by atoms with Crippen LogP contribution in [0.4, 0.5) is 0 Å². The van der Waals surface area contributed by atoms with Crippen LogP contribution in [0.25, 0.3) is 11.3 Å². The molecule has 7 heteroatoms. The van der Waals surface area contributed by atoms with E-state index >= 15 is 0 Å². The first-order chi connectivity index (χ1) is 11.5. The lowest BCUT2D eigenvalue weighted by Crippen LogP contribution is -2.00. The maximum atomic E-state index is 11.1. The third-order valence-corrected chi connectivity index (χ3v) is 3.75. The molecule has 0 saturated carbocycles. The van der Waals surface area contributed by atoms with E-state index in [1.165, 1.54) is 7.11 Å². The van der Waals surface area contributed by atoms with Gasteiger partial charge in [0.05, 0.1) is 22.8 Å². The molecule has 124 valence electrons. The number of nitrogens with one attached hydrogen (secondary N) is 1. The van der Waals surface area contributed by atoms with E-state index in [4.69, 9.17) is 23.2 Å². The van der Waals surface area contributed by atoms with Crippen LogP contribution in [0.3, 0.4) is 0 Å². The summed E-state index contributed by atoms with van der Waals surface area (Å²) in [5.41, 5.74) is 2.98. The summed E-state index contributed by atoms with van der Waals surface area (Å²) in [6.07, 6.45) is 3.36. The Labute approximate surface area is 149 Å². The van der Waals surface area contributed by atoms with Gasteiger partial charge in [0.2, 0.25) is 0 Å². The van der Waals surface area contributed by atoms with Crippen molar-refractivity contribution in [3.63, 3.8) is 0 Å². The molecule has 3 aromatic rings. The second kappa shape index (κ2) is 8.47. The number of carbonyl (C=O) groups is 1. The van der Waals surface area contributed by atoms with Crippen molar-refractivity contribution in [2.75, 3.05) is 7.11 Å². The van der Waals surface area contributed by atoms with Gasteiger partial charge in [-0.2, -0.15) is 5.10 Å².